The Morgan fingerprint density at radius 1 is 0.778 bits per heavy atom. The van der Waals surface area contributed by atoms with Crippen LogP contribution in [0.5, 0.6) is 0 Å². The van der Waals surface area contributed by atoms with Crippen molar-refractivity contribution in [1.82, 2.24) is 0 Å². The molecule has 0 unspecified atom stereocenters. The number of rotatable bonds is 4. The summed E-state index contributed by atoms with van der Waals surface area (Å²) in [5.41, 5.74) is 3.57. The van der Waals surface area contributed by atoms with Crippen LogP contribution in [0.3, 0.4) is 0 Å². The first-order valence-electron chi connectivity index (χ1n) is 9.30. The predicted molar refractivity (Wildman–Crippen MR) is 104 cm³/mol. The predicted octanol–water partition coefficient (Wildman–Crippen LogP) is 4.31. The van der Waals surface area contributed by atoms with E-state index in [1.54, 1.807) is 0 Å². The topological polar surface area (TPSA) is 63.6 Å². The van der Waals surface area contributed by atoms with E-state index in [9.17, 15) is 9.59 Å². The standard InChI is InChI=1S/C12H14O2.C11H12O2/c1-9-3-5-10(6-4-9)12(7-8-12)11(13)14-2;1-8-2-4-9(5-3-8)11(6-7-11)10(12)13/h3-6H,7-8H2,1-2H3;2-5H,6-7H2,1H3,(H,12,13). The second kappa shape index (κ2) is 7.18. The summed E-state index contributed by atoms with van der Waals surface area (Å²) in [5.74, 6) is -0.780. The third-order valence-electron chi connectivity index (χ3n) is 5.69. The Kier molecular flexibility index (Phi) is 5.09. The van der Waals surface area contributed by atoms with Gasteiger partial charge in [0, 0.05) is 0 Å². The van der Waals surface area contributed by atoms with Crippen LogP contribution in [0, 0.1) is 13.8 Å². The summed E-state index contributed by atoms with van der Waals surface area (Å²) in [6.45, 7) is 4.05. The van der Waals surface area contributed by atoms with E-state index in [2.05, 4.69) is 0 Å². The molecule has 4 heteroatoms. The molecule has 142 valence electrons. The largest absolute Gasteiger partial charge is 0.481 e. The number of ether oxygens (including phenoxy) is 1. The molecule has 0 aromatic heterocycles. The summed E-state index contributed by atoms with van der Waals surface area (Å²) in [7, 11) is 1.45. The minimum atomic E-state index is -0.684. The van der Waals surface area contributed by atoms with E-state index in [-0.39, 0.29) is 11.4 Å². The molecule has 2 fully saturated rings. The molecular formula is C23H26O4. The maximum atomic E-state index is 11.6. The summed E-state index contributed by atoms with van der Waals surface area (Å²) < 4.78 is 4.82. The molecule has 4 nitrogen and oxygen atoms in total. The number of esters is 1. The fourth-order valence-electron chi connectivity index (χ4n) is 3.43. The highest BCUT2D eigenvalue weighted by atomic mass is 16.5. The van der Waals surface area contributed by atoms with E-state index in [4.69, 9.17) is 9.84 Å². The minimum Gasteiger partial charge on any atom is -0.481 e. The highest BCUT2D eigenvalue weighted by Crippen LogP contribution is 2.49. The number of aryl methyl sites for hydroxylation is 2. The van der Waals surface area contributed by atoms with Crippen LogP contribution in [-0.2, 0) is 25.2 Å². The van der Waals surface area contributed by atoms with Gasteiger partial charge in [-0.25, -0.2) is 0 Å². The number of hydrogen-bond donors (Lipinski definition) is 1. The Hall–Kier alpha value is -2.62. The van der Waals surface area contributed by atoms with Gasteiger partial charge in [-0.3, -0.25) is 9.59 Å². The third kappa shape index (κ3) is 3.75. The van der Waals surface area contributed by atoms with Crippen LogP contribution < -0.4 is 0 Å². The van der Waals surface area contributed by atoms with Crippen LogP contribution in [0.2, 0.25) is 0 Å². The third-order valence-corrected chi connectivity index (χ3v) is 5.69. The van der Waals surface area contributed by atoms with Crippen LogP contribution in [0.15, 0.2) is 48.5 Å². The second-order valence-corrected chi connectivity index (χ2v) is 7.69. The number of carboxylic acids is 1. The van der Waals surface area contributed by atoms with E-state index in [1.807, 2.05) is 62.4 Å². The van der Waals surface area contributed by atoms with E-state index in [0.29, 0.717) is 0 Å². The maximum absolute atomic E-state index is 11.6. The minimum absolute atomic E-state index is 0.0960. The average molecular weight is 366 g/mol. The summed E-state index contributed by atoms with van der Waals surface area (Å²) in [6.07, 6.45) is 3.41. The number of methoxy groups -OCH3 is 1. The van der Waals surface area contributed by atoms with Crippen molar-refractivity contribution in [2.45, 2.75) is 50.4 Å². The van der Waals surface area contributed by atoms with Crippen molar-refractivity contribution in [3.8, 4) is 0 Å². The van der Waals surface area contributed by atoms with Gasteiger partial charge in [0.15, 0.2) is 0 Å². The van der Waals surface area contributed by atoms with E-state index in [1.165, 1.54) is 18.2 Å². The zero-order chi connectivity index (χ0) is 19.7. The number of carboxylic acid groups (broad SMARTS) is 1. The number of carbonyl (C=O) groups is 2. The molecule has 1 N–H and O–H groups in total. The summed E-state index contributed by atoms with van der Waals surface area (Å²) in [4.78, 5) is 22.5. The van der Waals surface area contributed by atoms with Gasteiger partial charge in [0.25, 0.3) is 0 Å². The van der Waals surface area contributed by atoms with Crippen molar-refractivity contribution in [3.63, 3.8) is 0 Å². The molecule has 4 rings (SSSR count). The van der Waals surface area contributed by atoms with Gasteiger partial charge in [0.1, 0.15) is 0 Å². The Bertz CT molecular complexity index is 826. The average Bonchev–Trinajstić information content (AvgIpc) is 3.56. The van der Waals surface area contributed by atoms with Crippen molar-refractivity contribution in [2.24, 2.45) is 0 Å². The first-order chi connectivity index (χ1) is 12.8. The smallest absolute Gasteiger partial charge is 0.316 e. The van der Waals surface area contributed by atoms with Gasteiger partial charge in [-0.15, -0.1) is 0 Å². The van der Waals surface area contributed by atoms with Crippen LogP contribution >= 0.6 is 0 Å². The molecule has 0 saturated heterocycles. The van der Waals surface area contributed by atoms with Crippen molar-refractivity contribution in [2.75, 3.05) is 7.11 Å². The quantitative estimate of drug-likeness (QED) is 0.819. The lowest BCUT2D eigenvalue weighted by Gasteiger charge is -2.12. The monoisotopic (exact) mass is 366 g/mol. The molecule has 2 aliphatic carbocycles. The molecule has 0 spiro atoms. The number of aliphatic carboxylic acids is 1. The van der Waals surface area contributed by atoms with Crippen molar-refractivity contribution in [1.29, 1.82) is 0 Å². The van der Waals surface area contributed by atoms with Crippen molar-refractivity contribution >= 4 is 11.9 Å². The molecule has 0 atom stereocenters. The van der Waals surface area contributed by atoms with E-state index in [0.717, 1.165) is 36.8 Å². The summed E-state index contributed by atoms with van der Waals surface area (Å²) in [5, 5.41) is 9.03. The maximum Gasteiger partial charge on any atom is 0.316 e. The molecular weight excluding hydrogens is 340 g/mol. The normalized spacial score (nSPS) is 17.9. The zero-order valence-corrected chi connectivity index (χ0v) is 16.1. The van der Waals surface area contributed by atoms with Gasteiger partial charge >= 0.3 is 11.9 Å². The van der Waals surface area contributed by atoms with Crippen LogP contribution in [0.25, 0.3) is 0 Å². The lowest BCUT2D eigenvalue weighted by molar-refractivity contribution is -0.143. The van der Waals surface area contributed by atoms with E-state index >= 15 is 0 Å². The Balaban J connectivity index is 0.000000156. The Morgan fingerprint density at radius 3 is 1.44 bits per heavy atom. The molecule has 0 bridgehead atoms. The number of benzene rings is 2. The van der Waals surface area contributed by atoms with Gasteiger partial charge in [-0.2, -0.15) is 0 Å². The molecule has 2 saturated carbocycles. The molecule has 0 amide bonds. The van der Waals surface area contributed by atoms with Gasteiger partial charge in [-0.1, -0.05) is 59.7 Å². The Labute approximate surface area is 160 Å². The summed E-state index contributed by atoms with van der Waals surface area (Å²) in [6, 6.07) is 15.9. The summed E-state index contributed by atoms with van der Waals surface area (Å²) >= 11 is 0. The molecule has 0 radical (unpaired) electrons. The highest BCUT2D eigenvalue weighted by molar-refractivity contribution is 5.86. The fraction of sp³-hybridized carbons (Fsp3) is 0.391. The molecule has 0 aliphatic heterocycles. The van der Waals surface area contributed by atoms with E-state index < -0.39 is 11.4 Å². The van der Waals surface area contributed by atoms with Crippen LogP contribution in [-0.4, -0.2) is 24.2 Å². The molecule has 2 aliphatic rings. The first-order valence-corrected chi connectivity index (χ1v) is 9.30. The zero-order valence-electron chi connectivity index (χ0n) is 16.1. The van der Waals surface area contributed by atoms with Gasteiger partial charge in [0.2, 0.25) is 0 Å². The van der Waals surface area contributed by atoms with Crippen molar-refractivity contribution < 1.29 is 19.4 Å². The van der Waals surface area contributed by atoms with Gasteiger partial charge < -0.3 is 9.84 Å². The molecule has 27 heavy (non-hydrogen) atoms. The highest BCUT2D eigenvalue weighted by Gasteiger charge is 2.52. The van der Waals surface area contributed by atoms with Crippen LogP contribution in [0.1, 0.15) is 47.9 Å². The molecule has 2 aromatic rings. The number of hydrogen-bond acceptors (Lipinski definition) is 3. The van der Waals surface area contributed by atoms with Crippen LogP contribution in [0.4, 0.5) is 0 Å². The fourth-order valence-corrected chi connectivity index (χ4v) is 3.43. The van der Waals surface area contributed by atoms with Gasteiger partial charge in [-0.05, 0) is 50.7 Å². The van der Waals surface area contributed by atoms with Gasteiger partial charge in [0.05, 0.1) is 17.9 Å². The SMILES string of the molecule is COC(=O)C1(c2ccc(C)cc2)CC1.Cc1ccc(C2(C(=O)O)CC2)cc1. The molecule has 0 heterocycles. The first kappa shape index (κ1) is 19.2. The number of carbonyl (C=O) groups excluding carboxylic acids is 1. The lowest BCUT2D eigenvalue weighted by atomic mass is 9.95. The lowest BCUT2D eigenvalue weighted by Crippen LogP contribution is -2.21. The molecule has 2 aromatic carbocycles. The van der Waals surface area contributed by atoms with Crippen molar-refractivity contribution in [3.05, 3.63) is 70.8 Å². The Morgan fingerprint density at radius 2 is 1.15 bits per heavy atom. The second-order valence-electron chi connectivity index (χ2n) is 7.69.